The van der Waals surface area contributed by atoms with E-state index in [9.17, 15) is 24.3 Å². The molecule has 25 heavy (non-hydrogen) atoms. The number of rotatable bonds is 5. The van der Waals surface area contributed by atoms with Gasteiger partial charge in [0.05, 0.1) is 19.6 Å². The summed E-state index contributed by atoms with van der Waals surface area (Å²) in [6.07, 6.45) is -0.512. The smallest absolute Gasteiger partial charge is 0.317 e. The minimum Gasteiger partial charge on any atom is -0.508 e. The van der Waals surface area contributed by atoms with Crippen molar-refractivity contribution in [2.24, 2.45) is 11.8 Å². The fraction of sp³-hybridized carbons (Fsp3) is 0.444. The highest BCUT2D eigenvalue weighted by Crippen LogP contribution is 2.40. The van der Waals surface area contributed by atoms with Crippen molar-refractivity contribution in [3.8, 4) is 5.75 Å². The minimum absolute atomic E-state index is 0.0161. The predicted molar refractivity (Wildman–Crippen MR) is 85.7 cm³/mol. The Morgan fingerprint density at radius 2 is 1.40 bits per heavy atom. The van der Waals surface area contributed by atoms with Gasteiger partial charge in [0.25, 0.3) is 0 Å². The molecule has 1 aromatic rings. The fourth-order valence-electron chi connectivity index (χ4n) is 3.09. The molecule has 1 aliphatic carbocycles. The van der Waals surface area contributed by atoms with Crippen LogP contribution < -0.4 is 0 Å². The highest BCUT2D eigenvalue weighted by Gasteiger charge is 2.52. The third-order valence-electron chi connectivity index (χ3n) is 4.12. The average Bonchev–Trinajstić information content (AvgIpc) is 2.55. The highest BCUT2D eigenvalue weighted by molar-refractivity contribution is 6.16. The molecule has 2 atom stereocenters. The minimum atomic E-state index is -1.27. The van der Waals surface area contributed by atoms with Gasteiger partial charge >= 0.3 is 11.9 Å². The molecule has 1 N–H and O–H groups in total. The Labute approximate surface area is 144 Å². The molecule has 0 bridgehead atoms. The molecular weight excluding hydrogens is 328 g/mol. The van der Waals surface area contributed by atoms with Crippen molar-refractivity contribution in [3.63, 3.8) is 0 Å². The molecule has 1 aliphatic rings. The molecule has 0 saturated heterocycles. The summed E-state index contributed by atoms with van der Waals surface area (Å²) < 4.78 is 9.96. The Morgan fingerprint density at radius 1 is 0.960 bits per heavy atom. The SMILES string of the molecule is CCOC(=O)[C@H]1C(=O)CC(=O)[C@H](C(=O)OCC)C1c1ccc(O)cc1. The first-order chi connectivity index (χ1) is 11.9. The van der Waals surface area contributed by atoms with E-state index in [1.807, 2.05) is 0 Å². The van der Waals surface area contributed by atoms with Crippen LogP contribution in [0.1, 0.15) is 31.7 Å². The molecule has 0 spiro atoms. The van der Waals surface area contributed by atoms with Gasteiger partial charge in [0.2, 0.25) is 0 Å². The van der Waals surface area contributed by atoms with Crippen molar-refractivity contribution < 1.29 is 33.8 Å². The Kier molecular flexibility index (Phi) is 5.90. The molecule has 0 unspecified atom stereocenters. The topological polar surface area (TPSA) is 107 Å². The van der Waals surface area contributed by atoms with Gasteiger partial charge in [0, 0.05) is 5.92 Å². The van der Waals surface area contributed by atoms with Crippen molar-refractivity contribution in [1.29, 1.82) is 0 Å². The van der Waals surface area contributed by atoms with Gasteiger partial charge in [-0.25, -0.2) is 0 Å². The van der Waals surface area contributed by atoms with E-state index in [1.165, 1.54) is 24.3 Å². The van der Waals surface area contributed by atoms with Crippen molar-refractivity contribution in [2.75, 3.05) is 13.2 Å². The molecule has 0 heterocycles. The molecule has 1 fully saturated rings. The van der Waals surface area contributed by atoms with E-state index < -0.39 is 47.7 Å². The Bertz CT molecular complexity index is 641. The summed E-state index contributed by atoms with van der Waals surface area (Å²) in [5, 5.41) is 9.46. The van der Waals surface area contributed by atoms with E-state index in [0.717, 1.165) is 0 Å². The fourth-order valence-corrected chi connectivity index (χ4v) is 3.09. The van der Waals surface area contributed by atoms with Crippen LogP contribution >= 0.6 is 0 Å². The summed E-state index contributed by atoms with van der Waals surface area (Å²) in [4.78, 5) is 49.4. The van der Waals surface area contributed by atoms with Crippen LogP contribution in [0, 0.1) is 11.8 Å². The zero-order valence-corrected chi connectivity index (χ0v) is 14.1. The van der Waals surface area contributed by atoms with Crippen molar-refractivity contribution in [2.45, 2.75) is 26.2 Å². The Hall–Kier alpha value is -2.70. The molecule has 7 heteroatoms. The normalized spacial score (nSPS) is 21.0. The molecule has 0 amide bonds. The van der Waals surface area contributed by atoms with Gasteiger partial charge in [0.1, 0.15) is 17.6 Å². The zero-order valence-electron chi connectivity index (χ0n) is 14.1. The van der Waals surface area contributed by atoms with E-state index in [2.05, 4.69) is 0 Å². The highest BCUT2D eigenvalue weighted by atomic mass is 16.5. The number of benzene rings is 1. The number of hydrogen-bond donors (Lipinski definition) is 1. The number of carbonyl (C=O) groups excluding carboxylic acids is 4. The van der Waals surface area contributed by atoms with Crippen LogP contribution in [-0.4, -0.2) is 41.8 Å². The number of ether oxygens (including phenoxy) is 2. The number of esters is 2. The Balaban J connectivity index is 2.53. The van der Waals surface area contributed by atoms with Crippen molar-refractivity contribution in [1.82, 2.24) is 0 Å². The largest absolute Gasteiger partial charge is 0.508 e. The maximum absolute atomic E-state index is 12.4. The summed E-state index contributed by atoms with van der Waals surface area (Å²) >= 11 is 0. The lowest BCUT2D eigenvalue weighted by Gasteiger charge is -2.33. The molecule has 7 nitrogen and oxygen atoms in total. The van der Waals surface area contributed by atoms with Crippen molar-refractivity contribution in [3.05, 3.63) is 29.8 Å². The summed E-state index contributed by atoms with van der Waals surface area (Å²) in [5.41, 5.74) is 0.412. The monoisotopic (exact) mass is 348 g/mol. The lowest BCUT2D eigenvalue weighted by Crippen LogP contribution is -2.47. The first-order valence-corrected chi connectivity index (χ1v) is 8.08. The molecule has 0 aromatic heterocycles. The predicted octanol–water partition coefficient (Wildman–Crippen LogP) is 1.38. The van der Waals surface area contributed by atoms with Gasteiger partial charge in [-0.1, -0.05) is 12.1 Å². The molecule has 1 saturated carbocycles. The standard InChI is InChI=1S/C18H20O7/c1-3-24-17(22)15-12(20)9-13(21)16(18(23)25-4-2)14(15)10-5-7-11(19)8-6-10/h5-8,14-16,19H,3-4,9H2,1-2H3/t15-,16-/m0/s1. The molecular formula is C18H20O7. The average molecular weight is 348 g/mol. The first-order valence-electron chi connectivity index (χ1n) is 8.08. The quantitative estimate of drug-likeness (QED) is 0.632. The maximum atomic E-state index is 12.4. The molecule has 0 radical (unpaired) electrons. The summed E-state index contributed by atoms with van der Waals surface area (Å²) in [7, 11) is 0. The molecule has 1 aromatic carbocycles. The van der Waals surface area contributed by atoms with Gasteiger partial charge in [-0.05, 0) is 31.5 Å². The number of carbonyl (C=O) groups is 4. The van der Waals surface area contributed by atoms with Crippen LogP contribution in [0.2, 0.25) is 0 Å². The van der Waals surface area contributed by atoms with Crippen LogP contribution in [-0.2, 0) is 28.7 Å². The van der Waals surface area contributed by atoms with Gasteiger partial charge < -0.3 is 14.6 Å². The third-order valence-corrected chi connectivity index (χ3v) is 4.12. The number of Topliss-reactive ketones (excluding diaryl/α,β-unsaturated/α-hetero) is 2. The number of phenols is 1. The van der Waals surface area contributed by atoms with Gasteiger partial charge in [-0.3, -0.25) is 19.2 Å². The molecule has 2 rings (SSSR count). The zero-order chi connectivity index (χ0) is 18.6. The second-order valence-corrected chi connectivity index (χ2v) is 5.69. The van der Waals surface area contributed by atoms with Gasteiger partial charge in [0.15, 0.2) is 11.6 Å². The number of phenolic OH excluding ortho intramolecular Hbond substituents is 1. The number of ketones is 2. The second-order valence-electron chi connectivity index (χ2n) is 5.69. The van der Waals surface area contributed by atoms with Crippen LogP contribution in [0.15, 0.2) is 24.3 Å². The third kappa shape index (κ3) is 3.87. The van der Waals surface area contributed by atoms with Crippen LogP contribution in [0.3, 0.4) is 0 Å². The molecule has 134 valence electrons. The van der Waals surface area contributed by atoms with E-state index >= 15 is 0 Å². The maximum Gasteiger partial charge on any atom is 0.317 e. The van der Waals surface area contributed by atoms with Gasteiger partial charge in [-0.2, -0.15) is 0 Å². The number of aromatic hydroxyl groups is 1. The van der Waals surface area contributed by atoms with E-state index in [0.29, 0.717) is 5.56 Å². The summed E-state index contributed by atoms with van der Waals surface area (Å²) in [5.74, 6) is -6.28. The lowest BCUT2D eigenvalue weighted by molar-refractivity contribution is -0.161. The van der Waals surface area contributed by atoms with Crippen LogP contribution in [0.4, 0.5) is 0 Å². The van der Waals surface area contributed by atoms with Gasteiger partial charge in [-0.15, -0.1) is 0 Å². The van der Waals surface area contributed by atoms with Crippen LogP contribution in [0.25, 0.3) is 0 Å². The van der Waals surface area contributed by atoms with E-state index in [-0.39, 0.29) is 19.0 Å². The summed E-state index contributed by atoms with van der Waals surface area (Å²) in [6.45, 7) is 3.36. The van der Waals surface area contributed by atoms with E-state index in [4.69, 9.17) is 9.47 Å². The molecule has 0 aliphatic heterocycles. The van der Waals surface area contributed by atoms with E-state index in [1.54, 1.807) is 13.8 Å². The summed E-state index contributed by atoms with van der Waals surface area (Å²) in [6, 6.07) is 5.68. The van der Waals surface area contributed by atoms with Crippen LogP contribution in [0.5, 0.6) is 5.75 Å². The van der Waals surface area contributed by atoms with Crippen molar-refractivity contribution >= 4 is 23.5 Å². The number of hydrogen-bond acceptors (Lipinski definition) is 7. The second kappa shape index (κ2) is 7.92. The first kappa shape index (κ1) is 18.6. The Morgan fingerprint density at radius 3 is 1.80 bits per heavy atom. The lowest BCUT2D eigenvalue weighted by atomic mass is 9.67.